The number of carbonyl (C=O) groups excluding carboxylic acids is 1. The number of hydrogen-bond donors (Lipinski definition) is 0. The summed E-state index contributed by atoms with van der Waals surface area (Å²) >= 11 is 1.32. The summed E-state index contributed by atoms with van der Waals surface area (Å²) in [6.07, 6.45) is -1.60. The average Bonchev–Trinajstić information content (AvgIpc) is 3.38. The van der Waals surface area contributed by atoms with Gasteiger partial charge in [-0.3, -0.25) is 9.48 Å². The van der Waals surface area contributed by atoms with Crippen molar-refractivity contribution in [3.63, 3.8) is 0 Å². The van der Waals surface area contributed by atoms with Crippen molar-refractivity contribution >= 4 is 17.2 Å². The number of carbonyl (C=O) groups is 1. The fourth-order valence-corrected chi connectivity index (χ4v) is 4.09. The van der Waals surface area contributed by atoms with Crippen LogP contribution in [0.25, 0.3) is 10.6 Å². The van der Waals surface area contributed by atoms with Gasteiger partial charge in [-0.25, -0.2) is 9.97 Å². The number of amides is 1. The molecule has 1 saturated heterocycles. The second-order valence-corrected chi connectivity index (χ2v) is 7.88. The smallest absolute Gasteiger partial charge is 0.337 e. The van der Waals surface area contributed by atoms with Crippen molar-refractivity contribution in [3.8, 4) is 10.6 Å². The molecule has 3 aromatic heterocycles. The van der Waals surface area contributed by atoms with Crippen LogP contribution in [0, 0.1) is 0 Å². The molecule has 1 aliphatic rings. The van der Waals surface area contributed by atoms with Crippen molar-refractivity contribution in [2.75, 3.05) is 13.1 Å². The quantitative estimate of drug-likeness (QED) is 0.642. The highest BCUT2D eigenvalue weighted by atomic mass is 32.1. The number of halogens is 3. The van der Waals surface area contributed by atoms with Crippen molar-refractivity contribution in [2.24, 2.45) is 7.05 Å². The van der Waals surface area contributed by atoms with Crippen LogP contribution in [0.5, 0.6) is 0 Å². The largest absolute Gasteiger partial charge is 0.433 e. The maximum atomic E-state index is 13.4. The number of likely N-dealkylation sites (tertiary alicyclic amines) is 1. The number of hydrogen-bond acceptors (Lipinski definition) is 5. The van der Waals surface area contributed by atoms with Gasteiger partial charge in [0.05, 0.1) is 10.6 Å². The Balaban J connectivity index is 1.64. The van der Waals surface area contributed by atoms with E-state index in [1.807, 2.05) is 0 Å². The fraction of sp³-hybridized carbons (Fsp3) is 0.368. The third kappa shape index (κ3) is 4.16. The number of nitrogens with zero attached hydrogens (tertiary/aromatic N) is 5. The summed E-state index contributed by atoms with van der Waals surface area (Å²) in [5.74, 6) is -0.472. The molecule has 1 aliphatic heterocycles. The molecule has 1 fully saturated rings. The van der Waals surface area contributed by atoms with E-state index in [-0.39, 0.29) is 29.9 Å². The Kier molecular flexibility index (Phi) is 5.12. The lowest BCUT2D eigenvalue weighted by Gasteiger charge is -2.31. The predicted octanol–water partition coefficient (Wildman–Crippen LogP) is 3.98. The molecule has 0 N–H and O–H groups in total. The molecule has 6 nitrogen and oxygen atoms in total. The van der Waals surface area contributed by atoms with Gasteiger partial charge in [-0.2, -0.15) is 18.3 Å². The Labute approximate surface area is 169 Å². The van der Waals surface area contributed by atoms with Crippen LogP contribution in [0.3, 0.4) is 0 Å². The monoisotopic (exact) mass is 421 g/mol. The molecule has 0 radical (unpaired) electrons. The van der Waals surface area contributed by atoms with E-state index in [4.69, 9.17) is 0 Å². The Morgan fingerprint density at radius 2 is 2.10 bits per heavy atom. The zero-order chi connectivity index (χ0) is 20.6. The van der Waals surface area contributed by atoms with Gasteiger partial charge >= 0.3 is 6.18 Å². The third-order valence-corrected chi connectivity index (χ3v) is 5.71. The summed E-state index contributed by atoms with van der Waals surface area (Å²) in [6, 6.07) is 6.11. The first kappa shape index (κ1) is 19.6. The summed E-state index contributed by atoms with van der Waals surface area (Å²) in [5.41, 5.74) is -0.387. The molecule has 3 aromatic rings. The minimum atomic E-state index is -4.57. The van der Waals surface area contributed by atoms with E-state index in [0.717, 1.165) is 6.07 Å². The lowest BCUT2D eigenvalue weighted by Crippen LogP contribution is -2.40. The molecule has 1 atom stereocenters. The van der Waals surface area contributed by atoms with Gasteiger partial charge in [-0.1, -0.05) is 6.07 Å². The average molecular weight is 421 g/mol. The van der Waals surface area contributed by atoms with Crippen LogP contribution in [0.4, 0.5) is 13.2 Å². The maximum absolute atomic E-state index is 13.4. The molecule has 0 aromatic carbocycles. The highest BCUT2D eigenvalue weighted by Crippen LogP contribution is 2.34. The van der Waals surface area contributed by atoms with Gasteiger partial charge < -0.3 is 4.90 Å². The van der Waals surface area contributed by atoms with Crippen LogP contribution in [0.2, 0.25) is 0 Å². The van der Waals surface area contributed by atoms with Crippen molar-refractivity contribution < 1.29 is 18.0 Å². The van der Waals surface area contributed by atoms with E-state index in [9.17, 15) is 18.0 Å². The predicted molar refractivity (Wildman–Crippen MR) is 101 cm³/mol. The fourth-order valence-electron chi connectivity index (χ4n) is 3.41. The Hall–Kier alpha value is -2.75. The molecule has 152 valence electrons. The van der Waals surface area contributed by atoms with Gasteiger partial charge in [0, 0.05) is 32.3 Å². The van der Waals surface area contributed by atoms with Crippen LogP contribution in [0.15, 0.2) is 35.8 Å². The number of aromatic nitrogens is 4. The van der Waals surface area contributed by atoms with Crippen LogP contribution in [-0.4, -0.2) is 43.6 Å². The molecule has 10 heteroatoms. The number of piperidine rings is 1. The molecule has 4 rings (SSSR count). The Morgan fingerprint density at radius 3 is 2.76 bits per heavy atom. The summed E-state index contributed by atoms with van der Waals surface area (Å²) in [6.45, 7) is 0.795. The lowest BCUT2D eigenvalue weighted by molar-refractivity contribution is -0.141. The van der Waals surface area contributed by atoms with E-state index in [0.29, 0.717) is 30.0 Å². The molecular formula is C19H18F3N5OS. The first-order valence-electron chi connectivity index (χ1n) is 9.10. The highest BCUT2D eigenvalue weighted by Gasteiger charge is 2.36. The van der Waals surface area contributed by atoms with Gasteiger partial charge in [0.2, 0.25) is 0 Å². The van der Waals surface area contributed by atoms with Crippen LogP contribution < -0.4 is 0 Å². The first-order chi connectivity index (χ1) is 13.8. The molecular weight excluding hydrogens is 403 g/mol. The second-order valence-electron chi connectivity index (χ2n) is 6.94. The van der Waals surface area contributed by atoms with Crippen molar-refractivity contribution in [2.45, 2.75) is 24.9 Å². The van der Waals surface area contributed by atoms with E-state index < -0.39 is 11.9 Å². The van der Waals surface area contributed by atoms with Gasteiger partial charge in [0.15, 0.2) is 0 Å². The van der Waals surface area contributed by atoms with Crippen LogP contribution in [-0.2, 0) is 13.2 Å². The van der Waals surface area contributed by atoms with E-state index in [1.165, 1.54) is 16.0 Å². The van der Waals surface area contributed by atoms with Gasteiger partial charge in [-0.15, -0.1) is 11.3 Å². The minimum Gasteiger partial charge on any atom is -0.337 e. The Bertz CT molecular complexity index is 1020. The van der Waals surface area contributed by atoms with E-state index in [2.05, 4.69) is 15.1 Å². The third-order valence-electron chi connectivity index (χ3n) is 4.81. The standard InChI is InChI=1S/C19H18F3N5OS/c1-26-8-6-13(25-26)18(28)27-7-2-4-12(11-27)17-23-14(15-5-3-9-29-15)10-16(24-17)19(20,21)22/h3,5-6,8-10,12H,2,4,7,11H2,1H3. The minimum absolute atomic E-state index is 0.127. The summed E-state index contributed by atoms with van der Waals surface area (Å²) in [5, 5.41) is 5.91. The van der Waals surface area contributed by atoms with Crippen LogP contribution >= 0.6 is 11.3 Å². The molecule has 29 heavy (non-hydrogen) atoms. The maximum Gasteiger partial charge on any atom is 0.433 e. The van der Waals surface area contributed by atoms with Gasteiger partial charge in [0.1, 0.15) is 17.2 Å². The van der Waals surface area contributed by atoms with Crippen LogP contribution in [0.1, 0.15) is 40.8 Å². The number of thiophene rings is 1. The Morgan fingerprint density at radius 1 is 1.28 bits per heavy atom. The highest BCUT2D eigenvalue weighted by molar-refractivity contribution is 7.13. The molecule has 1 unspecified atom stereocenters. The molecule has 0 aliphatic carbocycles. The van der Waals surface area contributed by atoms with E-state index in [1.54, 1.807) is 41.7 Å². The molecule has 0 spiro atoms. The summed E-state index contributed by atoms with van der Waals surface area (Å²) < 4.78 is 41.8. The zero-order valence-electron chi connectivity index (χ0n) is 15.6. The van der Waals surface area contributed by atoms with E-state index >= 15 is 0 Å². The number of rotatable bonds is 3. The number of alkyl halides is 3. The second kappa shape index (κ2) is 7.58. The first-order valence-corrected chi connectivity index (χ1v) is 9.98. The van der Waals surface area contributed by atoms with Gasteiger partial charge in [0.25, 0.3) is 5.91 Å². The van der Waals surface area contributed by atoms with Crippen molar-refractivity contribution in [1.29, 1.82) is 0 Å². The van der Waals surface area contributed by atoms with Crippen molar-refractivity contribution in [3.05, 3.63) is 53.1 Å². The lowest BCUT2D eigenvalue weighted by atomic mass is 9.96. The molecule has 1 amide bonds. The molecule has 4 heterocycles. The topological polar surface area (TPSA) is 63.9 Å². The summed E-state index contributed by atoms with van der Waals surface area (Å²) in [4.78, 5) is 23.2. The van der Waals surface area contributed by atoms with Gasteiger partial charge in [-0.05, 0) is 36.4 Å². The zero-order valence-corrected chi connectivity index (χ0v) is 16.4. The molecule has 0 saturated carbocycles. The SMILES string of the molecule is Cn1ccc(C(=O)N2CCCC(c3nc(-c4cccs4)cc(C(F)(F)F)n3)C2)n1. The molecule has 0 bridgehead atoms. The normalized spacial score (nSPS) is 17.5. The summed E-state index contributed by atoms with van der Waals surface area (Å²) in [7, 11) is 1.72. The van der Waals surface area contributed by atoms with Crippen molar-refractivity contribution in [1.82, 2.24) is 24.6 Å². The number of aryl methyl sites for hydroxylation is 1.